The SMILES string of the molecule is CC(C)(C)c1ccc(-c2csc(NC(=O)[C@@H]3CC[C@H](CN)O3)n2)cc1.Cl. The van der Waals surface area contributed by atoms with Gasteiger partial charge < -0.3 is 10.5 Å². The molecule has 1 aliphatic heterocycles. The summed E-state index contributed by atoms with van der Waals surface area (Å²) in [6.07, 6.45) is 1.11. The van der Waals surface area contributed by atoms with E-state index in [0.717, 1.165) is 17.7 Å². The van der Waals surface area contributed by atoms with Gasteiger partial charge in [0.1, 0.15) is 6.10 Å². The lowest BCUT2D eigenvalue weighted by atomic mass is 9.86. The van der Waals surface area contributed by atoms with Gasteiger partial charge in [-0.15, -0.1) is 23.7 Å². The molecule has 2 heterocycles. The van der Waals surface area contributed by atoms with Crippen LogP contribution in [0.2, 0.25) is 0 Å². The maximum Gasteiger partial charge on any atom is 0.255 e. The van der Waals surface area contributed by atoms with E-state index >= 15 is 0 Å². The number of hydrogen-bond acceptors (Lipinski definition) is 5. The fourth-order valence-electron chi connectivity index (χ4n) is 2.86. The molecule has 2 atom stereocenters. The van der Waals surface area contributed by atoms with Crippen molar-refractivity contribution >= 4 is 34.8 Å². The Hall–Kier alpha value is -1.47. The molecule has 26 heavy (non-hydrogen) atoms. The molecule has 0 spiro atoms. The van der Waals surface area contributed by atoms with Crippen LogP contribution in [0.25, 0.3) is 11.3 Å². The van der Waals surface area contributed by atoms with Gasteiger partial charge in [-0.1, -0.05) is 45.0 Å². The minimum Gasteiger partial charge on any atom is -0.364 e. The average molecular weight is 396 g/mol. The molecular formula is C19H26ClN3O2S. The number of carbonyl (C=O) groups is 1. The normalized spacial score (nSPS) is 19.8. The highest BCUT2D eigenvalue weighted by molar-refractivity contribution is 7.14. The van der Waals surface area contributed by atoms with Crippen molar-refractivity contribution in [3.8, 4) is 11.3 Å². The maximum atomic E-state index is 12.3. The highest BCUT2D eigenvalue weighted by Gasteiger charge is 2.30. The highest BCUT2D eigenvalue weighted by atomic mass is 35.5. The first-order chi connectivity index (χ1) is 11.9. The second kappa shape index (κ2) is 8.48. The molecule has 2 aromatic rings. The quantitative estimate of drug-likeness (QED) is 0.820. The minimum absolute atomic E-state index is 0. The van der Waals surface area contributed by atoms with Crippen molar-refractivity contribution < 1.29 is 9.53 Å². The van der Waals surface area contributed by atoms with E-state index in [9.17, 15) is 4.79 Å². The van der Waals surface area contributed by atoms with E-state index in [0.29, 0.717) is 18.1 Å². The van der Waals surface area contributed by atoms with Crippen molar-refractivity contribution in [2.24, 2.45) is 5.73 Å². The van der Waals surface area contributed by atoms with E-state index in [1.165, 1.54) is 16.9 Å². The van der Waals surface area contributed by atoms with Gasteiger partial charge in [0.25, 0.3) is 5.91 Å². The van der Waals surface area contributed by atoms with Crippen LogP contribution in [-0.4, -0.2) is 29.6 Å². The number of nitrogens with one attached hydrogen (secondary N) is 1. The zero-order valence-electron chi connectivity index (χ0n) is 15.3. The molecule has 0 radical (unpaired) electrons. The third-order valence-corrected chi connectivity index (χ3v) is 5.20. The summed E-state index contributed by atoms with van der Waals surface area (Å²) in [5.41, 5.74) is 8.91. The first-order valence-corrected chi connectivity index (χ1v) is 9.47. The third kappa shape index (κ3) is 4.82. The van der Waals surface area contributed by atoms with Gasteiger partial charge in [0.2, 0.25) is 0 Å². The smallest absolute Gasteiger partial charge is 0.255 e. The number of aromatic nitrogens is 1. The molecule has 3 N–H and O–H groups in total. The van der Waals surface area contributed by atoms with Crippen molar-refractivity contribution in [2.45, 2.75) is 51.2 Å². The average Bonchev–Trinajstić information content (AvgIpc) is 3.23. The van der Waals surface area contributed by atoms with Crippen LogP contribution in [-0.2, 0) is 14.9 Å². The number of hydrogen-bond donors (Lipinski definition) is 2. The Labute approximate surface area is 164 Å². The van der Waals surface area contributed by atoms with E-state index in [2.05, 4.69) is 55.3 Å². The summed E-state index contributed by atoms with van der Waals surface area (Å²) >= 11 is 1.42. The number of ether oxygens (including phenoxy) is 1. The first-order valence-electron chi connectivity index (χ1n) is 8.59. The number of nitrogens with two attached hydrogens (primary N) is 1. The van der Waals surface area contributed by atoms with Crippen LogP contribution in [0.1, 0.15) is 39.2 Å². The second-order valence-corrected chi connectivity index (χ2v) is 8.27. The van der Waals surface area contributed by atoms with Gasteiger partial charge >= 0.3 is 0 Å². The molecule has 0 saturated carbocycles. The van der Waals surface area contributed by atoms with Crippen LogP contribution in [0.15, 0.2) is 29.6 Å². The fraction of sp³-hybridized carbons (Fsp3) is 0.474. The Balaban J connectivity index is 0.00000243. The largest absolute Gasteiger partial charge is 0.364 e. The number of amides is 1. The van der Waals surface area contributed by atoms with Crippen molar-refractivity contribution in [1.29, 1.82) is 0 Å². The number of benzene rings is 1. The van der Waals surface area contributed by atoms with Crippen molar-refractivity contribution in [3.05, 3.63) is 35.2 Å². The van der Waals surface area contributed by atoms with Crippen molar-refractivity contribution in [1.82, 2.24) is 4.98 Å². The lowest BCUT2D eigenvalue weighted by Gasteiger charge is -2.18. The lowest BCUT2D eigenvalue weighted by Crippen LogP contribution is -2.29. The van der Waals surface area contributed by atoms with Gasteiger partial charge in [0, 0.05) is 17.5 Å². The molecular weight excluding hydrogens is 370 g/mol. The zero-order valence-corrected chi connectivity index (χ0v) is 17.0. The molecule has 1 aliphatic rings. The Kier molecular flexibility index (Phi) is 6.80. The molecule has 1 amide bonds. The van der Waals surface area contributed by atoms with Gasteiger partial charge in [-0.2, -0.15) is 0 Å². The second-order valence-electron chi connectivity index (χ2n) is 7.41. The Bertz CT molecular complexity index is 740. The number of anilines is 1. The summed E-state index contributed by atoms with van der Waals surface area (Å²) in [6, 6.07) is 8.42. The molecule has 142 valence electrons. The number of nitrogens with zero attached hydrogens (tertiary/aromatic N) is 1. The third-order valence-electron chi connectivity index (χ3n) is 4.44. The molecule has 1 fully saturated rings. The summed E-state index contributed by atoms with van der Waals surface area (Å²) in [7, 11) is 0. The summed E-state index contributed by atoms with van der Waals surface area (Å²) < 4.78 is 5.62. The number of rotatable bonds is 4. The van der Waals surface area contributed by atoms with Gasteiger partial charge in [-0.3, -0.25) is 10.1 Å². The topological polar surface area (TPSA) is 77.2 Å². The molecule has 7 heteroatoms. The number of halogens is 1. The molecule has 0 unspecified atom stereocenters. The Morgan fingerprint density at radius 3 is 2.58 bits per heavy atom. The van der Waals surface area contributed by atoms with E-state index < -0.39 is 6.10 Å². The Morgan fingerprint density at radius 1 is 1.31 bits per heavy atom. The van der Waals surface area contributed by atoms with Crippen LogP contribution in [0.4, 0.5) is 5.13 Å². The monoisotopic (exact) mass is 395 g/mol. The fourth-order valence-corrected chi connectivity index (χ4v) is 3.59. The molecule has 5 nitrogen and oxygen atoms in total. The first kappa shape index (κ1) is 20.8. The Morgan fingerprint density at radius 2 is 2.00 bits per heavy atom. The van der Waals surface area contributed by atoms with Crippen LogP contribution in [0, 0.1) is 0 Å². The molecule has 1 aromatic carbocycles. The van der Waals surface area contributed by atoms with Crippen LogP contribution in [0.5, 0.6) is 0 Å². The predicted molar refractivity (Wildman–Crippen MR) is 109 cm³/mol. The molecule has 0 aliphatic carbocycles. The summed E-state index contributed by atoms with van der Waals surface area (Å²) in [5.74, 6) is -0.139. The number of thiazole rings is 1. The minimum atomic E-state index is -0.424. The molecule has 0 bridgehead atoms. The van der Waals surface area contributed by atoms with Gasteiger partial charge in [0.05, 0.1) is 11.8 Å². The van der Waals surface area contributed by atoms with Gasteiger partial charge in [0.15, 0.2) is 5.13 Å². The van der Waals surface area contributed by atoms with Gasteiger partial charge in [-0.25, -0.2) is 4.98 Å². The molecule has 3 rings (SSSR count). The van der Waals surface area contributed by atoms with E-state index in [-0.39, 0.29) is 29.8 Å². The standard InChI is InChI=1S/C19H25N3O2S.ClH/c1-19(2,3)13-6-4-12(5-7-13)15-11-25-18(21-15)22-17(23)16-9-8-14(10-20)24-16;/h4-7,11,14,16H,8-10,20H2,1-3H3,(H,21,22,23);1H/t14-,16+;/m1./s1. The maximum absolute atomic E-state index is 12.3. The van der Waals surface area contributed by atoms with Crippen molar-refractivity contribution in [2.75, 3.05) is 11.9 Å². The zero-order chi connectivity index (χ0) is 18.0. The van der Waals surface area contributed by atoms with Crippen molar-refractivity contribution in [3.63, 3.8) is 0 Å². The molecule has 1 aromatic heterocycles. The van der Waals surface area contributed by atoms with Crippen LogP contribution < -0.4 is 11.1 Å². The summed E-state index contributed by atoms with van der Waals surface area (Å²) in [5, 5.41) is 5.41. The van der Waals surface area contributed by atoms with Gasteiger partial charge in [-0.05, 0) is 23.8 Å². The summed E-state index contributed by atoms with van der Waals surface area (Å²) in [4.78, 5) is 16.8. The highest BCUT2D eigenvalue weighted by Crippen LogP contribution is 2.29. The van der Waals surface area contributed by atoms with E-state index in [1.807, 2.05) is 5.38 Å². The van der Waals surface area contributed by atoms with E-state index in [4.69, 9.17) is 10.5 Å². The molecule has 1 saturated heterocycles. The summed E-state index contributed by atoms with van der Waals surface area (Å²) in [6.45, 7) is 7.03. The lowest BCUT2D eigenvalue weighted by molar-refractivity contribution is -0.126. The van der Waals surface area contributed by atoms with Crippen LogP contribution in [0.3, 0.4) is 0 Å². The predicted octanol–water partition coefficient (Wildman–Crippen LogP) is 3.97. The van der Waals surface area contributed by atoms with Crippen LogP contribution >= 0.6 is 23.7 Å². The number of carbonyl (C=O) groups excluding carboxylic acids is 1. The van der Waals surface area contributed by atoms with E-state index in [1.54, 1.807) is 0 Å².